The highest BCUT2D eigenvalue weighted by atomic mass is 32.2. The zero-order chi connectivity index (χ0) is 14.8. The highest BCUT2D eigenvalue weighted by molar-refractivity contribution is 8.01. The number of carbonyl (C=O) groups excluding carboxylic acids is 1. The molecule has 0 aliphatic heterocycles. The number of anilines is 2. The zero-order valence-corrected chi connectivity index (χ0v) is 12.9. The van der Waals surface area contributed by atoms with Crippen LogP contribution in [0.2, 0.25) is 0 Å². The lowest BCUT2D eigenvalue weighted by Gasteiger charge is -2.18. The van der Waals surface area contributed by atoms with E-state index >= 15 is 0 Å². The van der Waals surface area contributed by atoms with Gasteiger partial charge in [-0.05, 0) is 25.0 Å². The Morgan fingerprint density at radius 1 is 1.40 bits per heavy atom. The van der Waals surface area contributed by atoms with Gasteiger partial charge < -0.3 is 10.6 Å². The van der Waals surface area contributed by atoms with Crippen molar-refractivity contribution in [3.8, 4) is 0 Å². The van der Waals surface area contributed by atoms with Crippen LogP contribution < -0.4 is 10.6 Å². The number of halogens is 1. The van der Waals surface area contributed by atoms with E-state index in [1.165, 1.54) is 6.07 Å². The molecule has 1 aliphatic carbocycles. The van der Waals surface area contributed by atoms with Crippen LogP contribution in [0.15, 0.2) is 18.2 Å². The first-order valence-electron chi connectivity index (χ1n) is 6.84. The molecule has 2 N–H and O–H groups in total. The van der Waals surface area contributed by atoms with E-state index in [-0.39, 0.29) is 16.3 Å². The third-order valence-corrected chi connectivity index (χ3v) is 4.12. The van der Waals surface area contributed by atoms with Crippen LogP contribution in [0.1, 0.15) is 33.6 Å². The molecule has 3 nitrogen and oxygen atoms in total. The molecule has 0 radical (unpaired) electrons. The first-order valence-corrected chi connectivity index (χ1v) is 7.82. The van der Waals surface area contributed by atoms with Crippen LogP contribution in [0.25, 0.3) is 0 Å². The van der Waals surface area contributed by atoms with Gasteiger partial charge in [0.25, 0.3) is 0 Å². The molecule has 20 heavy (non-hydrogen) atoms. The quantitative estimate of drug-likeness (QED) is 0.866. The van der Waals surface area contributed by atoms with E-state index in [1.807, 2.05) is 20.8 Å². The molecule has 2 rings (SSSR count). The van der Waals surface area contributed by atoms with Crippen molar-refractivity contribution in [2.24, 2.45) is 0 Å². The smallest absolute Gasteiger partial charge is 0.234 e. The Balaban J connectivity index is 2.01. The molecule has 0 aromatic heterocycles. The Labute approximate surface area is 123 Å². The number of benzene rings is 1. The number of hydrogen-bond acceptors (Lipinski definition) is 3. The van der Waals surface area contributed by atoms with Gasteiger partial charge in [0.15, 0.2) is 0 Å². The Bertz CT molecular complexity index is 495. The van der Waals surface area contributed by atoms with Gasteiger partial charge in [-0.2, -0.15) is 0 Å². The molecule has 1 aromatic carbocycles. The first kappa shape index (κ1) is 15.2. The third kappa shape index (κ3) is 4.71. The van der Waals surface area contributed by atoms with E-state index in [0.29, 0.717) is 17.5 Å². The molecule has 5 heteroatoms. The highest BCUT2D eigenvalue weighted by Crippen LogP contribution is 2.31. The number of carbonyl (C=O) groups is 1. The summed E-state index contributed by atoms with van der Waals surface area (Å²) in [6.45, 7) is 6.15. The standard InChI is InChI=1S/C15H21FN2OS/c1-15(2,3)20-9-13(19)18-14-11(16)5-4-6-12(14)17-10-7-8-10/h4-6,10,17H,7-9H2,1-3H3,(H,18,19). The van der Waals surface area contributed by atoms with Crippen LogP contribution in [0.5, 0.6) is 0 Å². The summed E-state index contributed by atoms with van der Waals surface area (Å²) in [5, 5.41) is 5.93. The molecule has 1 amide bonds. The summed E-state index contributed by atoms with van der Waals surface area (Å²) in [6.07, 6.45) is 2.20. The van der Waals surface area contributed by atoms with Crippen LogP contribution in [-0.2, 0) is 4.79 Å². The van der Waals surface area contributed by atoms with Crippen molar-refractivity contribution in [2.45, 2.75) is 44.4 Å². The molecule has 0 spiro atoms. The van der Waals surface area contributed by atoms with Gasteiger partial charge in [0, 0.05) is 10.8 Å². The fraction of sp³-hybridized carbons (Fsp3) is 0.533. The average Bonchev–Trinajstić information content (AvgIpc) is 3.14. The Hall–Kier alpha value is -1.23. The number of rotatable bonds is 5. The molecule has 110 valence electrons. The van der Waals surface area contributed by atoms with Crippen molar-refractivity contribution in [3.05, 3.63) is 24.0 Å². The van der Waals surface area contributed by atoms with Gasteiger partial charge in [-0.1, -0.05) is 26.8 Å². The summed E-state index contributed by atoms with van der Waals surface area (Å²) >= 11 is 1.54. The predicted octanol–water partition coefficient (Wildman–Crippen LogP) is 3.87. The van der Waals surface area contributed by atoms with Crippen LogP contribution in [-0.4, -0.2) is 22.4 Å². The minimum atomic E-state index is -0.398. The average molecular weight is 296 g/mol. The van der Waals surface area contributed by atoms with Crippen molar-refractivity contribution in [1.29, 1.82) is 0 Å². The number of amides is 1. The molecular formula is C15H21FN2OS. The maximum Gasteiger partial charge on any atom is 0.234 e. The van der Waals surface area contributed by atoms with Crippen LogP contribution in [0.3, 0.4) is 0 Å². The van der Waals surface area contributed by atoms with Gasteiger partial charge in [-0.15, -0.1) is 11.8 Å². The second-order valence-electron chi connectivity index (χ2n) is 6.03. The summed E-state index contributed by atoms with van der Waals surface area (Å²) < 4.78 is 13.9. The van der Waals surface area contributed by atoms with Gasteiger partial charge in [-0.25, -0.2) is 4.39 Å². The fourth-order valence-corrected chi connectivity index (χ4v) is 2.31. The molecule has 0 heterocycles. The van der Waals surface area contributed by atoms with Crippen LogP contribution in [0.4, 0.5) is 15.8 Å². The largest absolute Gasteiger partial charge is 0.381 e. The summed E-state index contributed by atoms with van der Waals surface area (Å²) in [5.74, 6) is -0.251. The highest BCUT2D eigenvalue weighted by Gasteiger charge is 2.23. The van der Waals surface area contributed by atoms with Crippen molar-refractivity contribution >= 4 is 29.0 Å². The van der Waals surface area contributed by atoms with Crippen molar-refractivity contribution < 1.29 is 9.18 Å². The summed E-state index contributed by atoms with van der Waals surface area (Å²) in [5.41, 5.74) is 0.931. The van der Waals surface area contributed by atoms with E-state index in [9.17, 15) is 9.18 Å². The minimum absolute atomic E-state index is 0.0155. The molecule has 1 aromatic rings. The molecule has 1 saturated carbocycles. The number of nitrogens with one attached hydrogen (secondary N) is 2. The first-order chi connectivity index (χ1) is 9.35. The van der Waals surface area contributed by atoms with Gasteiger partial charge in [0.05, 0.1) is 11.4 Å². The fourth-order valence-electron chi connectivity index (χ4n) is 1.68. The van der Waals surface area contributed by atoms with Crippen LogP contribution >= 0.6 is 11.8 Å². The lowest BCUT2D eigenvalue weighted by Crippen LogP contribution is -2.20. The normalized spacial score (nSPS) is 15.0. The van der Waals surface area contributed by atoms with E-state index in [4.69, 9.17) is 0 Å². The predicted molar refractivity (Wildman–Crippen MR) is 83.9 cm³/mol. The topological polar surface area (TPSA) is 41.1 Å². The summed E-state index contributed by atoms with van der Waals surface area (Å²) in [4.78, 5) is 11.9. The van der Waals surface area contributed by atoms with Crippen molar-refractivity contribution in [3.63, 3.8) is 0 Å². The van der Waals surface area contributed by atoms with E-state index in [1.54, 1.807) is 23.9 Å². The van der Waals surface area contributed by atoms with Crippen molar-refractivity contribution in [1.82, 2.24) is 0 Å². The maximum atomic E-state index is 13.9. The number of hydrogen-bond donors (Lipinski definition) is 2. The lowest BCUT2D eigenvalue weighted by atomic mass is 10.2. The van der Waals surface area contributed by atoms with Gasteiger partial charge in [0.1, 0.15) is 11.5 Å². The lowest BCUT2D eigenvalue weighted by molar-refractivity contribution is -0.113. The van der Waals surface area contributed by atoms with Gasteiger partial charge in [0.2, 0.25) is 5.91 Å². The molecule has 0 atom stereocenters. The molecule has 1 fully saturated rings. The summed E-state index contributed by atoms with van der Waals surface area (Å²) in [6, 6.07) is 5.23. The zero-order valence-electron chi connectivity index (χ0n) is 12.1. The Kier molecular flexibility index (Phi) is 4.58. The minimum Gasteiger partial charge on any atom is -0.381 e. The molecule has 0 bridgehead atoms. The number of thioether (sulfide) groups is 1. The molecular weight excluding hydrogens is 275 g/mol. The van der Waals surface area contributed by atoms with E-state index in [2.05, 4.69) is 10.6 Å². The molecule has 0 saturated heterocycles. The monoisotopic (exact) mass is 296 g/mol. The Morgan fingerprint density at radius 3 is 2.70 bits per heavy atom. The molecule has 1 aliphatic rings. The van der Waals surface area contributed by atoms with Gasteiger partial charge >= 0.3 is 0 Å². The number of para-hydroxylation sites is 1. The van der Waals surface area contributed by atoms with Crippen LogP contribution in [0, 0.1) is 5.82 Å². The van der Waals surface area contributed by atoms with E-state index in [0.717, 1.165) is 12.8 Å². The van der Waals surface area contributed by atoms with E-state index < -0.39 is 5.82 Å². The second kappa shape index (κ2) is 6.04. The molecule has 0 unspecified atom stereocenters. The van der Waals surface area contributed by atoms with Crippen molar-refractivity contribution in [2.75, 3.05) is 16.4 Å². The second-order valence-corrected chi connectivity index (χ2v) is 7.83. The SMILES string of the molecule is CC(C)(C)SCC(=O)Nc1c(F)cccc1NC1CC1. The Morgan fingerprint density at radius 2 is 2.10 bits per heavy atom. The maximum absolute atomic E-state index is 13.9. The third-order valence-electron chi connectivity index (χ3n) is 2.85. The van der Waals surface area contributed by atoms with Gasteiger partial charge in [-0.3, -0.25) is 4.79 Å². The summed E-state index contributed by atoms with van der Waals surface area (Å²) in [7, 11) is 0.